The molecule has 164 valence electrons. The number of halogens is 3. The fourth-order valence-corrected chi connectivity index (χ4v) is 5.13. The van der Waals surface area contributed by atoms with Crippen molar-refractivity contribution in [3.05, 3.63) is 99.6 Å². The number of benzene rings is 2. The maximum Gasteiger partial charge on any atom is 0.338 e. The zero-order valence-corrected chi connectivity index (χ0v) is 20.1. The van der Waals surface area contributed by atoms with Gasteiger partial charge in [-0.15, -0.1) is 0 Å². The molecule has 0 aliphatic carbocycles. The smallest absolute Gasteiger partial charge is 0.338 e. The van der Waals surface area contributed by atoms with E-state index in [9.17, 15) is 9.59 Å². The Morgan fingerprint density at radius 3 is 2.59 bits per heavy atom. The van der Waals surface area contributed by atoms with E-state index < -0.39 is 12.0 Å². The second-order valence-electron chi connectivity index (χ2n) is 7.00. The molecular weight excluding hydrogens is 491 g/mol. The van der Waals surface area contributed by atoms with Crippen molar-refractivity contribution in [2.24, 2.45) is 4.99 Å². The average Bonchev–Trinajstić information content (AvgIpc) is 3.05. The van der Waals surface area contributed by atoms with Crippen LogP contribution in [0.25, 0.3) is 6.08 Å². The first-order valence-electron chi connectivity index (χ1n) is 9.71. The number of thiazole rings is 1. The van der Waals surface area contributed by atoms with Crippen molar-refractivity contribution in [2.45, 2.75) is 19.9 Å². The molecule has 1 aliphatic heterocycles. The molecule has 0 amide bonds. The van der Waals surface area contributed by atoms with Crippen LogP contribution < -0.4 is 14.9 Å². The molecule has 0 saturated carbocycles. The lowest BCUT2D eigenvalue weighted by atomic mass is 9.96. The van der Waals surface area contributed by atoms with Gasteiger partial charge in [0.1, 0.15) is 6.04 Å². The average molecular weight is 508 g/mol. The minimum absolute atomic E-state index is 0.201. The minimum Gasteiger partial charge on any atom is -0.463 e. The van der Waals surface area contributed by atoms with E-state index in [1.165, 1.54) is 15.9 Å². The summed E-state index contributed by atoms with van der Waals surface area (Å²) in [7, 11) is 0. The summed E-state index contributed by atoms with van der Waals surface area (Å²) < 4.78 is 7.21. The summed E-state index contributed by atoms with van der Waals surface area (Å²) in [6, 6.07) is 11.5. The van der Waals surface area contributed by atoms with E-state index in [-0.39, 0.29) is 17.7 Å². The number of fused-ring (bicyclic) bond motifs is 1. The third-order valence-electron chi connectivity index (χ3n) is 4.96. The highest BCUT2D eigenvalue weighted by Gasteiger charge is 2.34. The summed E-state index contributed by atoms with van der Waals surface area (Å²) in [6.07, 6.45) is 1.72. The molecule has 2 aromatic carbocycles. The van der Waals surface area contributed by atoms with Gasteiger partial charge in [0.25, 0.3) is 5.56 Å². The summed E-state index contributed by atoms with van der Waals surface area (Å²) in [6.45, 7) is 3.66. The number of nitrogens with zero attached hydrogens (tertiary/aromatic N) is 2. The molecule has 32 heavy (non-hydrogen) atoms. The maximum absolute atomic E-state index is 13.5. The number of carbonyl (C=O) groups excluding carboxylic acids is 1. The topological polar surface area (TPSA) is 60.7 Å². The van der Waals surface area contributed by atoms with Gasteiger partial charge in [0.05, 0.1) is 32.5 Å². The molecule has 0 N–H and O–H groups in total. The number of allylic oxidation sites excluding steroid dienone is 1. The van der Waals surface area contributed by atoms with Gasteiger partial charge < -0.3 is 4.74 Å². The molecule has 1 atom stereocenters. The minimum atomic E-state index is -0.755. The SMILES string of the molecule is CCOC(=O)C1=C(C)N=c2s/c(=C\c3ccc(Cl)c(Cl)c3)c(=O)n2[C@H]1c1ccccc1Cl. The summed E-state index contributed by atoms with van der Waals surface area (Å²) in [5.74, 6) is -0.530. The first kappa shape index (κ1) is 22.8. The highest BCUT2D eigenvalue weighted by Crippen LogP contribution is 2.34. The Morgan fingerprint density at radius 1 is 1.16 bits per heavy atom. The molecule has 1 aliphatic rings. The van der Waals surface area contributed by atoms with Gasteiger partial charge in [0.15, 0.2) is 4.80 Å². The van der Waals surface area contributed by atoms with Crippen LogP contribution in [-0.4, -0.2) is 17.1 Å². The van der Waals surface area contributed by atoms with Crippen molar-refractivity contribution < 1.29 is 9.53 Å². The predicted octanol–water partition coefficient (Wildman–Crippen LogP) is 4.76. The van der Waals surface area contributed by atoms with Crippen molar-refractivity contribution >= 4 is 58.2 Å². The molecule has 0 radical (unpaired) electrons. The van der Waals surface area contributed by atoms with Gasteiger partial charge in [0.2, 0.25) is 0 Å². The Morgan fingerprint density at radius 2 is 1.91 bits per heavy atom. The highest BCUT2D eigenvalue weighted by atomic mass is 35.5. The molecule has 0 fully saturated rings. The standard InChI is InChI=1S/C23H17Cl3N2O3S/c1-3-31-22(30)19-12(2)27-23-28(20(19)14-6-4-5-7-15(14)24)21(29)18(32-23)11-13-8-9-16(25)17(26)10-13/h4-11,20H,3H2,1-2H3/b18-11-/t20-/m0/s1. The summed E-state index contributed by atoms with van der Waals surface area (Å²) in [5.41, 5.74) is 1.82. The van der Waals surface area contributed by atoms with Gasteiger partial charge >= 0.3 is 5.97 Å². The molecular formula is C23H17Cl3N2O3S. The van der Waals surface area contributed by atoms with Crippen LogP contribution >= 0.6 is 46.1 Å². The lowest BCUT2D eigenvalue weighted by Crippen LogP contribution is -2.40. The third-order valence-corrected chi connectivity index (χ3v) is 7.02. The van der Waals surface area contributed by atoms with Gasteiger partial charge in [-0.05, 0) is 49.2 Å². The van der Waals surface area contributed by atoms with E-state index in [1.54, 1.807) is 56.3 Å². The van der Waals surface area contributed by atoms with Crippen molar-refractivity contribution in [2.75, 3.05) is 6.61 Å². The van der Waals surface area contributed by atoms with Crippen LogP contribution in [-0.2, 0) is 9.53 Å². The third kappa shape index (κ3) is 4.16. The lowest BCUT2D eigenvalue weighted by Gasteiger charge is -2.25. The van der Waals surface area contributed by atoms with Crippen molar-refractivity contribution in [1.82, 2.24) is 4.57 Å². The van der Waals surface area contributed by atoms with Crippen LogP contribution in [0, 0.1) is 0 Å². The van der Waals surface area contributed by atoms with Gasteiger partial charge in [-0.2, -0.15) is 0 Å². The van der Waals surface area contributed by atoms with E-state index in [1.807, 2.05) is 6.07 Å². The Kier molecular flexibility index (Phi) is 6.58. The van der Waals surface area contributed by atoms with Crippen LogP contribution in [0.5, 0.6) is 0 Å². The molecule has 9 heteroatoms. The lowest BCUT2D eigenvalue weighted by molar-refractivity contribution is -0.139. The van der Waals surface area contributed by atoms with E-state index >= 15 is 0 Å². The first-order valence-corrected chi connectivity index (χ1v) is 11.7. The fourth-order valence-electron chi connectivity index (χ4n) is 3.54. The van der Waals surface area contributed by atoms with Gasteiger partial charge in [0, 0.05) is 5.02 Å². The fraction of sp³-hybridized carbons (Fsp3) is 0.174. The molecule has 0 saturated heterocycles. The monoisotopic (exact) mass is 506 g/mol. The molecule has 3 aromatic rings. The van der Waals surface area contributed by atoms with Crippen LogP contribution in [0.3, 0.4) is 0 Å². The number of hydrogen-bond donors (Lipinski definition) is 0. The van der Waals surface area contributed by atoms with Crippen LogP contribution in [0.15, 0.2) is 63.5 Å². The number of ether oxygens (including phenoxy) is 1. The van der Waals surface area contributed by atoms with E-state index in [0.717, 1.165) is 5.56 Å². The summed E-state index contributed by atoms with van der Waals surface area (Å²) in [5, 5.41) is 1.26. The zero-order chi connectivity index (χ0) is 23.0. The second kappa shape index (κ2) is 9.24. The zero-order valence-electron chi connectivity index (χ0n) is 17.1. The Hall–Kier alpha value is -2.38. The maximum atomic E-state index is 13.5. The summed E-state index contributed by atoms with van der Waals surface area (Å²) >= 11 is 19.8. The Bertz CT molecular complexity index is 1440. The summed E-state index contributed by atoms with van der Waals surface area (Å²) in [4.78, 5) is 31.4. The molecule has 5 nitrogen and oxygen atoms in total. The van der Waals surface area contributed by atoms with Crippen LogP contribution in [0.1, 0.15) is 31.0 Å². The molecule has 0 spiro atoms. The van der Waals surface area contributed by atoms with E-state index in [4.69, 9.17) is 39.5 Å². The molecule has 0 bridgehead atoms. The van der Waals surface area contributed by atoms with Gasteiger partial charge in [-0.3, -0.25) is 9.36 Å². The molecule has 2 heterocycles. The van der Waals surface area contributed by atoms with Crippen LogP contribution in [0.2, 0.25) is 15.1 Å². The molecule has 0 unspecified atom stereocenters. The number of aromatic nitrogens is 1. The van der Waals surface area contributed by atoms with Crippen molar-refractivity contribution in [1.29, 1.82) is 0 Å². The number of esters is 1. The number of rotatable bonds is 4. The van der Waals surface area contributed by atoms with Gasteiger partial charge in [-0.25, -0.2) is 9.79 Å². The quantitative estimate of drug-likeness (QED) is 0.479. The van der Waals surface area contributed by atoms with E-state index in [0.29, 0.717) is 35.7 Å². The highest BCUT2D eigenvalue weighted by molar-refractivity contribution is 7.07. The normalized spacial score (nSPS) is 16.0. The van der Waals surface area contributed by atoms with E-state index in [2.05, 4.69) is 4.99 Å². The first-order chi connectivity index (χ1) is 15.3. The molecule has 4 rings (SSSR count). The largest absolute Gasteiger partial charge is 0.463 e. The Balaban J connectivity index is 1.98. The predicted molar refractivity (Wildman–Crippen MR) is 128 cm³/mol. The van der Waals surface area contributed by atoms with Crippen molar-refractivity contribution in [3.63, 3.8) is 0 Å². The second-order valence-corrected chi connectivity index (χ2v) is 9.23. The van der Waals surface area contributed by atoms with Crippen molar-refractivity contribution in [3.8, 4) is 0 Å². The van der Waals surface area contributed by atoms with Crippen LogP contribution in [0.4, 0.5) is 0 Å². The van der Waals surface area contributed by atoms with Gasteiger partial charge in [-0.1, -0.05) is 70.4 Å². The molecule has 1 aromatic heterocycles. The number of hydrogen-bond acceptors (Lipinski definition) is 5. The number of carbonyl (C=O) groups is 1. The Labute approximate surface area is 202 Å².